The summed E-state index contributed by atoms with van der Waals surface area (Å²) >= 11 is 9.59. The van der Waals surface area contributed by atoms with Crippen LogP contribution >= 0.6 is 27.5 Å². The number of amides is 2. The Hall–Kier alpha value is -2.88. The maximum atomic E-state index is 14.1. The van der Waals surface area contributed by atoms with Gasteiger partial charge in [-0.25, -0.2) is 8.42 Å². The van der Waals surface area contributed by atoms with Crippen LogP contribution in [0.1, 0.15) is 30.5 Å². The summed E-state index contributed by atoms with van der Waals surface area (Å²) < 4.78 is 27.8. The minimum atomic E-state index is -3.85. The number of nitrogens with one attached hydrogen (secondary N) is 1. The van der Waals surface area contributed by atoms with Crippen molar-refractivity contribution in [2.24, 2.45) is 5.92 Å². The highest BCUT2D eigenvalue weighted by Crippen LogP contribution is 2.26. The summed E-state index contributed by atoms with van der Waals surface area (Å²) in [5, 5.41) is 3.44. The van der Waals surface area contributed by atoms with Crippen LogP contribution in [0, 0.1) is 12.8 Å². The fourth-order valence-electron chi connectivity index (χ4n) is 4.30. The van der Waals surface area contributed by atoms with Gasteiger partial charge in [0.05, 0.1) is 11.9 Å². The zero-order valence-electron chi connectivity index (χ0n) is 23.1. The molecule has 0 aliphatic carbocycles. The van der Waals surface area contributed by atoms with Crippen LogP contribution in [0.5, 0.6) is 0 Å². The molecule has 214 valence electrons. The molecule has 10 heteroatoms. The molecule has 0 aliphatic heterocycles. The summed E-state index contributed by atoms with van der Waals surface area (Å²) in [6.07, 6.45) is 1.33. The minimum absolute atomic E-state index is 0.113. The molecular weight excluding hydrogens is 614 g/mol. The lowest BCUT2D eigenvalue weighted by atomic mass is 10.0. The van der Waals surface area contributed by atoms with Gasteiger partial charge in [-0.3, -0.25) is 13.9 Å². The van der Waals surface area contributed by atoms with Crippen molar-refractivity contribution in [1.29, 1.82) is 0 Å². The number of hydrogen-bond acceptors (Lipinski definition) is 4. The fourth-order valence-corrected chi connectivity index (χ4v) is 5.88. The van der Waals surface area contributed by atoms with Gasteiger partial charge in [0, 0.05) is 29.0 Å². The second-order valence-electron chi connectivity index (χ2n) is 10.2. The summed E-state index contributed by atoms with van der Waals surface area (Å²) in [5.74, 6) is -0.584. The first-order chi connectivity index (χ1) is 18.8. The average molecular weight is 649 g/mol. The number of hydrogen-bond donors (Lipinski definition) is 1. The molecule has 0 bridgehead atoms. The van der Waals surface area contributed by atoms with Crippen molar-refractivity contribution in [3.63, 3.8) is 0 Å². The summed E-state index contributed by atoms with van der Waals surface area (Å²) in [7, 11) is -3.85. The normalized spacial score (nSPS) is 12.2. The maximum absolute atomic E-state index is 14.1. The highest BCUT2D eigenvalue weighted by atomic mass is 79.9. The Balaban J connectivity index is 2.07. The predicted octanol–water partition coefficient (Wildman–Crippen LogP) is 5.59. The number of aryl methyl sites for hydroxylation is 1. The Morgan fingerprint density at radius 1 is 0.975 bits per heavy atom. The topological polar surface area (TPSA) is 86.8 Å². The number of benzene rings is 3. The number of rotatable bonds is 12. The lowest BCUT2D eigenvalue weighted by molar-refractivity contribution is -0.140. The monoisotopic (exact) mass is 647 g/mol. The van der Waals surface area contributed by atoms with Gasteiger partial charge in [-0.05, 0) is 59.9 Å². The first-order valence-electron chi connectivity index (χ1n) is 12.9. The Morgan fingerprint density at radius 3 is 2.25 bits per heavy atom. The van der Waals surface area contributed by atoms with E-state index in [0.29, 0.717) is 22.8 Å². The molecule has 0 aliphatic rings. The third-order valence-corrected chi connectivity index (χ3v) is 8.16. The standard InChI is InChI=1S/C30H35BrClN3O4S/c1-21(2)18-33-30(37)28(17-23-9-6-5-7-10-23)34(19-24-11-8-12-25(31)16-24)29(36)20-35(40(4,38)39)27-14-13-26(32)15-22(27)3/h5-16,21,28H,17-20H2,1-4H3,(H,33,37). The highest BCUT2D eigenvalue weighted by Gasteiger charge is 2.33. The van der Waals surface area contributed by atoms with Crippen LogP contribution < -0.4 is 9.62 Å². The van der Waals surface area contributed by atoms with E-state index in [1.165, 1.54) is 4.90 Å². The van der Waals surface area contributed by atoms with E-state index in [1.807, 2.05) is 68.4 Å². The lowest BCUT2D eigenvalue weighted by Gasteiger charge is -2.34. The van der Waals surface area contributed by atoms with Gasteiger partial charge in [-0.15, -0.1) is 0 Å². The van der Waals surface area contributed by atoms with Gasteiger partial charge >= 0.3 is 0 Å². The number of carbonyl (C=O) groups is 2. The van der Waals surface area contributed by atoms with Crippen molar-refractivity contribution in [1.82, 2.24) is 10.2 Å². The Labute approximate surface area is 250 Å². The molecule has 0 spiro atoms. The maximum Gasteiger partial charge on any atom is 0.244 e. The largest absolute Gasteiger partial charge is 0.354 e. The third-order valence-electron chi connectivity index (χ3n) is 6.30. The number of halogens is 2. The number of carbonyl (C=O) groups excluding carboxylic acids is 2. The molecular formula is C30H35BrClN3O4S. The minimum Gasteiger partial charge on any atom is -0.354 e. The van der Waals surface area contributed by atoms with Crippen LogP contribution in [0.15, 0.2) is 77.3 Å². The van der Waals surface area contributed by atoms with Gasteiger partial charge in [-0.1, -0.05) is 83.8 Å². The summed E-state index contributed by atoms with van der Waals surface area (Å²) in [6, 6.07) is 20.9. The van der Waals surface area contributed by atoms with E-state index in [2.05, 4.69) is 21.2 Å². The van der Waals surface area contributed by atoms with Crippen LogP contribution in [-0.2, 0) is 32.6 Å². The molecule has 0 saturated carbocycles. The van der Waals surface area contributed by atoms with E-state index in [9.17, 15) is 18.0 Å². The third kappa shape index (κ3) is 9.08. The Bertz CT molecular complexity index is 1430. The van der Waals surface area contributed by atoms with Crippen LogP contribution in [0.25, 0.3) is 0 Å². The number of sulfonamides is 1. The van der Waals surface area contributed by atoms with Crippen molar-refractivity contribution in [3.05, 3.63) is 99.0 Å². The predicted molar refractivity (Wildman–Crippen MR) is 165 cm³/mol. The van der Waals surface area contributed by atoms with Gasteiger partial charge in [0.25, 0.3) is 0 Å². The lowest BCUT2D eigenvalue weighted by Crippen LogP contribution is -2.53. The van der Waals surface area contributed by atoms with Gasteiger partial charge in [-0.2, -0.15) is 0 Å². The van der Waals surface area contributed by atoms with Crippen LogP contribution in [0.2, 0.25) is 5.02 Å². The van der Waals surface area contributed by atoms with E-state index in [4.69, 9.17) is 11.6 Å². The van der Waals surface area contributed by atoms with Crippen molar-refractivity contribution in [2.75, 3.05) is 23.7 Å². The molecule has 3 aromatic rings. The number of nitrogens with zero attached hydrogens (tertiary/aromatic N) is 2. The van der Waals surface area contributed by atoms with Crippen LogP contribution in [0.4, 0.5) is 5.69 Å². The molecule has 1 unspecified atom stereocenters. The van der Waals surface area contributed by atoms with Gasteiger partial charge in [0.2, 0.25) is 21.8 Å². The molecule has 0 radical (unpaired) electrons. The molecule has 1 atom stereocenters. The van der Waals surface area contributed by atoms with Gasteiger partial charge in [0.1, 0.15) is 12.6 Å². The second-order valence-corrected chi connectivity index (χ2v) is 13.5. The molecule has 2 amide bonds. The number of anilines is 1. The van der Waals surface area contributed by atoms with E-state index in [-0.39, 0.29) is 24.8 Å². The zero-order chi connectivity index (χ0) is 29.4. The van der Waals surface area contributed by atoms with E-state index in [1.54, 1.807) is 25.1 Å². The summed E-state index contributed by atoms with van der Waals surface area (Å²) in [6.45, 7) is 5.81. The van der Waals surface area contributed by atoms with Crippen LogP contribution in [0.3, 0.4) is 0 Å². The fraction of sp³-hybridized carbons (Fsp3) is 0.333. The molecule has 0 fully saturated rings. The van der Waals surface area contributed by atoms with Crippen molar-refractivity contribution < 1.29 is 18.0 Å². The van der Waals surface area contributed by atoms with E-state index >= 15 is 0 Å². The van der Waals surface area contributed by atoms with Gasteiger partial charge < -0.3 is 10.2 Å². The zero-order valence-corrected chi connectivity index (χ0v) is 26.3. The van der Waals surface area contributed by atoms with E-state index < -0.39 is 28.5 Å². The quantitative estimate of drug-likeness (QED) is 0.278. The molecule has 1 N–H and O–H groups in total. The second kappa shape index (κ2) is 14.1. The SMILES string of the molecule is Cc1cc(Cl)ccc1N(CC(=O)N(Cc1cccc(Br)c1)C(Cc1ccccc1)C(=O)NCC(C)C)S(C)(=O)=O. The molecule has 40 heavy (non-hydrogen) atoms. The molecule has 0 saturated heterocycles. The highest BCUT2D eigenvalue weighted by molar-refractivity contribution is 9.10. The van der Waals surface area contributed by atoms with Crippen LogP contribution in [-0.4, -0.2) is 50.5 Å². The smallest absolute Gasteiger partial charge is 0.244 e. The summed E-state index contributed by atoms with van der Waals surface area (Å²) in [5.41, 5.74) is 2.64. The first kappa shape index (κ1) is 31.6. The average Bonchev–Trinajstić information content (AvgIpc) is 2.88. The first-order valence-corrected chi connectivity index (χ1v) is 16.0. The molecule has 0 heterocycles. The molecule has 3 rings (SSSR count). The molecule has 0 aromatic heterocycles. The van der Waals surface area contributed by atoms with E-state index in [0.717, 1.165) is 26.2 Å². The Morgan fingerprint density at radius 2 is 1.65 bits per heavy atom. The van der Waals surface area contributed by atoms with Gasteiger partial charge in [0.15, 0.2) is 0 Å². The Kier molecular flexibility index (Phi) is 11.2. The van der Waals surface area contributed by atoms with Crippen molar-refractivity contribution in [2.45, 2.75) is 39.8 Å². The summed E-state index contributed by atoms with van der Waals surface area (Å²) in [4.78, 5) is 29.2. The van der Waals surface area contributed by atoms with Crippen molar-refractivity contribution >= 4 is 55.1 Å². The molecule has 3 aromatic carbocycles. The van der Waals surface area contributed by atoms with Crippen molar-refractivity contribution in [3.8, 4) is 0 Å². The molecule has 7 nitrogen and oxygen atoms in total.